The lowest BCUT2D eigenvalue weighted by atomic mass is 9.91. The number of fused-ring (bicyclic) bond motifs is 1. The molecule has 3 aliphatic rings. The Morgan fingerprint density at radius 3 is 2.34 bits per heavy atom. The number of nitrogens with zero attached hydrogens (tertiary/aromatic N) is 5. The second-order valence-corrected chi connectivity index (χ2v) is 8.36. The molecule has 3 atom stereocenters. The van der Waals surface area contributed by atoms with Gasteiger partial charge in [-0.2, -0.15) is 18.3 Å². The van der Waals surface area contributed by atoms with Crippen molar-refractivity contribution in [3.8, 4) is 0 Å². The molecule has 0 saturated carbocycles. The molecule has 4 rings (SSSR count). The summed E-state index contributed by atoms with van der Waals surface area (Å²) < 4.78 is 37.9. The Balaban J connectivity index is 0.000000360. The number of alkyl halides is 3. The molecule has 0 aromatic carbocycles. The molecule has 1 amide bonds. The van der Waals surface area contributed by atoms with Gasteiger partial charge >= 0.3 is 12.1 Å². The zero-order chi connectivity index (χ0) is 23.5. The molecule has 0 bridgehead atoms. The van der Waals surface area contributed by atoms with Gasteiger partial charge in [0.1, 0.15) is 6.10 Å². The number of carboxylic acids is 1. The number of carbonyl (C=O) groups excluding carboxylic acids is 1. The summed E-state index contributed by atoms with van der Waals surface area (Å²) in [6.45, 7) is 7.23. The number of rotatable bonds is 2. The van der Waals surface area contributed by atoms with Gasteiger partial charge in [0, 0.05) is 39.3 Å². The molecule has 12 heteroatoms. The van der Waals surface area contributed by atoms with Crippen LogP contribution in [0.5, 0.6) is 0 Å². The number of ether oxygens (including phenoxy) is 1. The average Bonchev–Trinajstić information content (AvgIpc) is 3.17. The monoisotopic (exact) mass is 459 g/mol. The highest BCUT2D eigenvalue weighted by atomic mass is 19.4. The number of piperidine rings is 1. The second kappa shape index (κ2) is 9.99. The first-order valence-corrected chi connectivity index (χ1v) is 10.5. The van der Waals surface area contributed by atoms with Gasteiger partial charge in [0.15, 0.2) is 5.82 Å². The van der Waals surface area contributed by atoms with Crippen LogP contribution in [0.2, 0.25) is 0 Å². The van der Waals surface area contributed by atoms with Crippen LogP contribution in [-0.2, 0) is 14.3 Å². The SMILES string of the molecule is Cc1ccc(N2CC[C@H]3C[C@H](C(=O)N4CCN(C)CC4)O[C@H]3C2)nn1.O=C(O)C(F)(F)F. The van der Waals surface area contributed by atoms with Gasteiger partial charge in [-0.1, -0.05) is 0 Å². The molecule has 0 aliphatic carbocycles. The highest BCUT2D eigenvalue weighted by Crippen LogP contribution is 2.35. The van der Waals surface area contributed by atoms with Crippen molar-refractivity contribution in [1.82, 2.24) is 20.0 Å². The lowest BCUT2D eigenvalue weighted by molar-refractivity contribution is -0.192. The molecule has 1 N–H and O–H groups in total. The van der Waals surface area contributed by atoms with E-state index in [9.17, 15) is 18.0 Å². The van der Waals surface area contributed by atoms with Crippen LogP contribution in [0.1, 0.15) is 18.5 Å². The summed E-state index contributed by atoms with van der Waals surface area (Å²) in [5.74, 6) is -1.19. The van der Waals surface area contributed by atoms with Crippen molar-refractivity contribution in [1.29, 1.82) is 0 Å². The summed E-state index contributed by atoms with van der Waals surface area (Å²) in [6, 6.07) is 4.01. The van der Waals surface area contributed by atoms with E-state index in [1.54, 1.807) is 0 Å². The van der Waals surface area contributed by atoms with Crippen molar-refractivity contribution in [2.75, 3.05) is 51.2 Å². The molecule has 9 nitrogen and oxygen atoms in total. The average molecular weight is 459 g/mol. The van der Waals surface area contributed by atoms with Gasteiger partial charge in [-0.3, -0.25) is 4.79 Å². The number of aromatic nitrogens is 2. The molecule has 1 aromatic rings. The third kappa shape index (κ3) is 6.06. The van der Waals surface area contributed by atoms with Crippen molar-refractivity contribution in [3.05, 3.63) is 17.8 Å². The van der Waals surface area contributed by atoms with Gasteiger partial charge in [-0.25, -0.2) is 4.79 Å². The van der Waals surface area contributed by atoms with E-state index in [4.69, 9.17) is 14.6 Å². The van der Waals surface area contributed by atoms with Crippen molar-refractivity contribution < 1.29 is 32.6 Å². The van der Waals surface area contributed by atoms with E-state index < -0.39 is 12.1 Å². The second-order valence-electron chi connectivity index (χ2n) is 8.36. The number of carboxylic acid groups (broad SMARTS) is 1. The molecule has 3 aliphatic heterocycles. The van der Waals surface area contributed by atoms with Crippen LogP contribution in [0.25, 0.3) is 0 Å². The van der Waals surface area contributed by atoms with Gasteiger partial charge < -0.3 is 24.5 Å². The van der Waals surface area contributed by atoms with Crippen LogP contribution in [-0.4, -0.2) is 102 Å². The van der Waals surface area contributed by atoms with E-state index in [-0.39, 0.29) is 18.1 Å². The highest BCUT2D eigenvalue weighted by molar-refractivity contribution is 5.81. The standard InChI is InChI=1S/C18H27N5O2.C2HF3O2/c1-13-3-4-17(20-19-13)23-6-5-14-11-15(25-16(14)12-23)18(24)22-9-7-21(2)8-10-22;3-2(4,5)1(6)7/h3-4,14-16H,5-12H2,1-2H3;(H,6,7)/t14-,15+,16-;/m0./s1. The number of likely N-dealkylation sites (N-methyl/N-ethyl adjacent to an activating group) is 1. The van der Waals surface area contributed by atoms with E-state index in [0.29, 0.717) is 5.92 Å². The third-order valence-electron chi connectivity index (χ3n) is 5.99. The van der Waals surface area contributed by atoms with Gasteiger partial charge in [0.2, 0.25) is 0 Å². The molecule has 32 heavy (non-hydrogen) atoms. The summed E-state index contributed by atoms with van der Waals surface area (Å²) in [6.07, 6.45) is -3.31. The number of hydrogen-bond donors (Lipinski definition) is 1. The number of amides is 1. The first-order valence-electron chi connectivity index (χ1n) is 10.5. The largest absolute Gasteiger partial charge is 0.490 e. The number of aliphatic carboxylic acids is 1. The Bertz CT molecular complexity index is 799. The third-order valence-corrected chi connectivity index (χ3v) is 5.99. The van der Waals surface area contributed by atoms with Crippen LogP contribution in [0, 0.1) is 12.8 Å². The number of anilines is 1. The van der Waals surface area contributed by atoms with Gasteiger partial charge in [0.05, 0.1) is 11.8 Å². The summed E-state index contributed by atoms with van der Waals surface area (Å²) >= 11 is 0. The Hall–Kier alpha value is -2.47. The predicted octanol–water partition coefficient (Wildman–Crippen LogP) is 1.18. The van der Waals surface area contributed by atoms with Crippen LogP contribution >= 0.6 is 0 Å². The summed E-state index contributed by atoms with van der Waals surface area (Å²) in [5, 5.41) is 15.6. The minimum atomic E-state index is -5.08. The fourth-order valence-corrected chi connectivity index (χ4v) is 4.09. The Labute approximate surface area is 184 Å². The van der Waals surface area contributed by atoms with Crippen molar-refractivity contribution in [2.45, 2.75) is 38.1 Å². The maximum absolute atomic E-state index is 12.8. The van der Waals surface area contributed by atoms with E-state index in [0.717, 1.165) is 63.6 Å². The maximum atomic E-state index is 12.8. The lowest BCUT2D eigenvalue weighted by Crippen LogP contribution is -2.50. The molecule has 0 unspecified atom stereocenters. The van der Waals surface area contributed by atoms with E-state index in [2.05, 4.69) is 27.0 Å². The lowest BCUT2D eigenvalue weighted by Gasteiger charge is -2.35. The number of piperazine rings is 1. The fourth-order valence-electron chi connectivity index (χ4n) is 4.09. The number of aryl methyl sites for hydroxylation is 1. The van der Waals surface area contributed by atoms with E-state index in [1.807, 2.05) is 24.0 Å². The topological polar surface area (TPSA) is 99.1 Å². The smallest absolute Gasteiger partial charge is 0.475 e. The first kappa shape index (κ1) is 24.2. The zero-order valence-electron chi connectivity index (χ0n) is 18.1. The molecule has 0 radical (unpaired) electrons. The minimum Gasteiger partial charge on any atom is -0.475 e. The van der Waals surface area contributed by atoms with Gasteiger partial charge in [0.25, 0.3) is 5.91 Å². The van der Waals surface area contributed by atoms with Crippen molar-refractivity contribution in [3.63, 3.8) is 0 Å². The molecular formula is C20H28F3N5O4. The number of carbonyl (C=O) groups is 2. The Morgan fingerprint density at radius 2 is 1.78 bits per heavy atom. The Morgan fingerprint density at radius 1 is 1.12 bits per heavy atom. The van der Waals surface area contributed by atoms with Crippen molar-refractivity contribution >= 4 is 17.7 Å². The van der Waals surface area contributed by atoms with E-state index in [1.165, 1.54) is 0 Å². The molecule has 3 fully saturated rings. The number of halogens is 3. The molecular weight excluding hydrogens is 431 g/mol. The van der Waals surface area contributed by atoms with Crippen LogP contribution in [0.15, 0.2) is 12.1 Å². The highest BCUT2D eigenvalue weighted by Gasteiger charge is 2.43. The summed E-state index contributed by atoms with van der Waals surface area (Å²) in [5.41, 5.74) is 0.925. The molecule has 1 aromatic heterocycles. The zero-order valence-corrected chi connectivity index (χ0v) is 18.1. The quantitative estimate of drug-likeness (QED) is 0.704. The Kier molecular flexibility index (Phi) is 7.55. The van der Waals surface area contributed by atoms with Crippen LogP contribution in [0.3, 0.4) is 0 Å². The summed E-state index contributed by atoms with van der Waals surface area (Å²) in [4.78, 5) is 28.2. The van der Waals surface area contributed by atoms with Gasteiger partial charge in [-0.15, -0.1) is 5.10 Å². The molecule has 4 heterocycles. The molecule has 3 saturated heterocycles. The van der Waals surface area contributed by atoms with Crippen LogP contribution < -0.4 is 4.90 Å². The van der Waals surface area contributed by atoms with E-state index >= 15 is 0 Å². The summed E-state index contributed by atoms with van der Waals surface area (Å²) in [7, 11) is 2.10. The van der Waals surface area contributed by atoms with Crippen LogP contribution in [0.4, 0.5) is 19.0 Å². The maximum Gasteiger partial charge on any atom is 0.490 e. The fraction of sp³-hybridized carbons (Fsp3) is 0.700. The predicted molar refractivity (Wildman–Crippen MR) is 108 cm³/mol. The van der Waals surface area contributed by atoms with Gasteiger partial charge in [-0.05, 0) is 44.9 Å². The minimum absolute atomic E-state index is 0.123. The normalized spacial score (nSPS) is 26.2. The van der Waals surface area contributed by atoms with Crippen molar-refractivity contribution in [2.24, 2.45) is 5.92 Å². The first-order chi connectivity index (χ1) is 15.0. The molecule has 178 valence electrons. The number of hydrogen-bond acceptors (Lipinski definition) is 7. The molecule has 0 spiro atoms.